The third-order valence-corrected chi connectivity index (χ3v) is 3.27. The molecule has 0 aliphatic heterocycles. The van der Waals surface area contributed by atoms with Crippen LogP contribution in [0.3, 0.4) is 0 Å². The second-order valence-electron chi connectivity index (χ2n) is 4.73. The normalized spacial score (nSPS) is 11.3. The van der Waals surface area contributed by atoms with Gasteiger partial charge in [-0.1, -0.05) is 12.1 Å². The minimum absolute atomic E-state index is 0.0980. The molecular weight excluding hydrogens is 294 g/mol. The molecule has 2 N–H and O–H groups in total. The van der Waals surface area contributed by atoms with E-state index in [9.17, 15) is 8.78 Å². The molecule has 3 rings (SSSR count). The maximum Gasteiger partial charge on any atom is 0.387 e. The van der Waals surface area contributed by atoms with Gasteiger partial charge in [0.05, 0.1) is 5.69 Å². The van der Waals surface area contributed by atoms with Crippen molar-refractivity contribution in [2.24, 2.45) is 0 Å². The number of benzene rings is 1. The van der Waals surface area contributed by atoms with Crippen LogP contribution in [0.4, 0.5) is 14.5 Å². The van der Waals surface area contributed by atoms with Crippen LogP contribution in [0.5, 0.6) is 5.75 Å². The zero-order valence-electron chi connectivity index (χ0n) is 11.6. The predicted molar refractivity (Wildman–Crippen MR) is 74.6 cm³/mol. The number of rotatable bonds is 4. The van der Waals surface area contributed by atoms with Crippen LogP contribution in [0.2, 0.25) is 0 Å². The van der Waals surface area contributed by atoms with Gasteiger partial charge in [-0.15, -0.1) is 0 Å². The van der Waals surface area contributed by atoms with Gasteiger partial charge in [-0.3, -0.25) is 0 Å². The molecule has 1 aromatic carbocycles. The summed E-state index contributed by atoms with van der Waals surface area (Å²) in [4.78, 5) is 4.26. The fraction of sp³-hybridized carbons (Fsp3) is 0.214. The summed E-state index contributed by atoms with van der Waals surface area (Å²) < 4.78 is 33.6. The van der Waals surface area contributed by atoms with E-state index in [1.807, 2.05) is 0 Å². The number of aromatic nitrogens is 3. The van der Waals surface area contributed by atoms with E-state index in [0.29, 0.717) is 29.0 Å². The molecule has 0 aliphatic carbocycles. The van der Waals surface area contributed by atoms with Crippen molar-refractivity contribution >= 4 is 16.9 Å². The number of alkyl halides is 2. The molecular formula is C14H12F2N4O2. The molecule has 0 unspecified atom stereocenters. The van der Waals surface area contributed by atoms with Gasteiger partial charge >= 0.3 is 6.61 Å². The molecule has 0 saturated carbocycles. The highest BCUT2D eigenvalue weighted by Crippen LogP contribution is 2.26. The van der Waals surface area contributed by atoms with Gasteiger partial charge in [-0.05, 0) is 34.9 Å². The molecule has 0 spiro atoms. The Hall–Kier alpha value is -2.77. The molecule has 22 heavy (non-hydrogen) atoms. The Morgan fingerprint density at radius 1 is 1.32 bits per heavy atom. The number of hydrogen-bond donors (Lipinski definition) is 1. The molecule has 114 valence electrons. The number of nitrogen functional groups attached to an aromatic ring is 1. The lowest BCUT2D eigenvalue weighted by Crippen LogP contribution is -2.04. The number of ether oxygens (including phenoxy) is 1. The number of pyridine rings is 1. The molecule has 2 aromatic heterocycles. The quantitative estimate of drug-likeness (QED) is 0.797. The summed E-state index contributed by atoms with van der Waals surface area (Å²) in [6.45, 7) is -1.07. The maximum absolute atomic E-state index is 12.3. The third kappa shape index (κ3) is 2.67. The molecule has 6 nitrogen and oxygen atoms in total. The molecule has 3 aromatic rings. The van der Waals surface area contributed by atoms with Crippen molar-refractivity contribution in [3.63, 3.8) is 0 Å². The topological polar surface area (TPSA) is 87.1 Å². The van der Waals surface area contributed by atoms with Crippen LogP contribution >= 0.6 is 0 Å². The number of hydrogen-bond acceptors (Lipinski definition) is 6. The first-order valence-electron chi connectivity index (χ1n) is 6.45. The number of aryl methyl sites for hydroxylation is 1. The lowest BCUT2D eigenvalue weighted by molar-refractivity contribution is -0.0498. The highest BCUT2D eigenvalue weighted by molar-refractivity contribution is 5.85. The monoisotopic (exact) mass is 306 g/mol. The van der Waals surface area contributed by atoms with Crippen LogP contribution in [-0.2, 0) is 6.42 Å². The van der Waals surface area contributed by atoms with E-state index in [4.69, 9.17) is 5.73 Å². The number of fused-ring (bicyclic) bond motifs is 1. The van der Waals surface area contributed by atoms with Gasteiger partial charge in [0.15, 0.2) is 5.52 Å². The summed E-state index contributed by atoms with van der Waals surface area (Å²) in [7, 11) is 0. The highest BCUT2D eigenvalue weighted by atomic mass is 19.3. The molecule has 0 bridgehead atoms. The zero-order chi connectivity index (χ0) is 15.7. The van der Waals surface area contributed by atoms with Gasteiger partial charge in [0, 0.05) is 17.7 Å². The minimum atomic E-state index is -2.86. The first-order chi connectivity index (χ1) is 10.5. The summed E-state index contributed by atoms with van der Waals surface area (Å²) in [6.07, 6.45) is 0.411. The molecule has 0 atom stereocenters. The van der Waals surface area contributed by atoms with Crippen molar-refractivity contribution in [1.82, 2.24) is 15.3 Å². The molecule has 0 amide bonds. The van der Waals surface area contributed by atoms with Crippen LogP contribution < -0.4 is 10.5 Å². The fourth-order valence-electron chi connectivity index (χ4n) is 2.25. The lowest BCUT2D eigenvalue weighted by Gasteiger charge is -2.10. The first kappa shape index (κ1) is 14.2. The number of halogens is 2. The van der Waals surface area contributed by atoms with Crippen molar-refractivity contribution in [1.29, 1.82) is 0 Å². The van der Waals surface area contributed by atoms with E-state index >= 15 is 0 Å². The van der Waals surface area contributed by atoms with E-state index in [1.54, 1.807) is 19.1 Å². The van der Waals surface area contributed by atoms with Gasteiger partial charge in [0.25, 0.3) is 0 Å². The van der Waals surface area contributed by atoms with Crippen LogP contribution in [0.15, 0.2) is 28.9 Å². The summed E-state index contributed by atoms with van der Waals surface area (Å²) in [5.74, 6) is 0.0980. The lowest BCUT2D eigenvalue weighted by atomic mass is 10.0. The summed E-state index contributed by atoms with van der Waals surface area (Å²) in [6, 6.07) is 6.44. The molecule has 0 saturated heterocycles. The van der Waals surface area contributed by atoms with E-state index in [-0.39, 0.29) is 5.75 Å². The van der Waals surface area contributed by atoms with Crippen molar-refractivity contribution in [3.05, 3.63) is 41.1 Å². The zero-order valence-corrected chi connectivity index (χ0v) is 11.6. The van der Waals surface area contributed by atoms with Gasteiger partial charge < -0.3 is 10.5 Å². The summed E-state index contributed by atoms with van der Waals surface area (Å²) >= 11 is 0. The molecule has 0 aliphatic rings. The van der Waals surface area contributed by atoms with Crippen molar-refractivity contribution in [2.75, 3.05) is 5.73 Å². The van der Waals surface area contributed by atoms with Crippen LogP contribution in [0.25, 0.3) is 11.2 Å². The second-order valence-corrected chi connectivity index (χ2v) is 4.73. The minimum Gasteiger partial charge on any atom is -0.435 e. The van der Waals surface area contributed by atoms with Crippen LogP contribution in [0, 0.1) is 6.92 Å². The van der Waals surface area contributed by atoms with Crippen molar-refractivity contribution in [2.45, 2.75) is 20.0 Å². The van der Waals surface area contributed by atoms with Gasteiger partial charge in [-0.2, -0.15) is 8.78 Å². The molecule has 8 heteroatoms. The average molecular weight is 306 g/mol. The van der Waals surface area contributed by atoms with Crippen molar-refractivity contribution < 1.29 is 18.1 Å². The Morgan fingerprint density at radius 3 is 2.91 bits per heavy atom. The van der Waals surface area contributed by atoms with Gasteiger partial charge in [-0.25, -0.2) is 9.61 Å². The Balaban J connectivity index is 1.96. The average Bonchev–Trinajstić information content (AvgIpc) is 2.91. The Labute approximate surface area is 123 Å². The van der Waals surface area contributed by atoms with Crippen molar-refractivity contribution in [3.8, 4) is 5.75 Å². The standard InChI is InChI=1S/C14H12F2N4O2/c1-7-10(11(17)12-13(18-7)20-22-19-12)6-8-3-2-4-9(5-8)21-14(15)16/h2-5,14H,6,17H2,1H3. The largest absolute Gasteiger partial charge is 0.435 e. The third-order valence-electron chi connectivity index (χ3n) is 3.27. The fourth-order valence-corrected chi connectivity index (χ4v) is 2.25. The smallest absolute Gasteiger partial charge is 0.387 e. The Kier molecular flexibility index (Phi) is 3.58. The number of nitrogens with zero attached hydrogens (tertiary/aromatic N) is 3. The SMILES string of the molecule is Cc1nc2nonc2c(N)c1Cc1cccc(OC(F)F)c1. The van der Waals surface area contributed by atoms with E-state index in [0.717, 1.165) is 11.1 Å². The van der Waals surface area contributed by atoms with Gasteiger partial charge in [0.2, 0.25) is 5.65 Å². The number of nitrogens with two attached hydrogens (primary N) is 1. The highest BCUT2D eigenvalue weighted by Gasteiger charge is 2.15. The Morgan fingerprint density at radius 2 is 2.14 bits per heavy atom. The molecule has 0 radical (unpaired) electrons. The predicted octanol–water partition coefficient (Wildman–Crippen LogP) is 2.70. The van der Waals surface area contributed by atoms with E-state index < -0.39 is 6.61 Å². The Bertz CT molecular complexity index is 820. The number of anilines is 1. The van der Waals surface area contributed by atoms with Crippen LogP contribution in [0.1, 0.15) is 16.8 Å². The van der Waals surface area contributed by atoms with Crippen LogP contribution in [-0.4, -0.2) is 21.9 Å². The first-order valence-corrected chi connectivity index (χ1v) is 6.45. The summed E-state index contributed by atoms with van der Waals surface area (Å²) in [5, 5.41) is 7.38. The van der Waals surface area contributed by atoms with E-state index in [1.165, 1.54) is 12.1 Å². The molecule has 0 fully saturated rings. The second kappa shape index (κ2) is 5.55. The van der Waals surface area contributed by atoms with E-state index in [2.05, 4.69) is 24.7 Å². The summed E-state index contributed by atoms with van der Waals surface area (Å²) in [5.41, 5.74) is 9.43. The van der Waals surface area contributed by atoms with Gasteiger partial charge in [0.1, 0.15) is 5.75 Å². The molecule has 2 heterocycles. The maximum atomic E-state index is 12.3.